The van der Waals surface area contributed by atoms with Crippen molar-refractivity contribution < 1.29 is 9.53 Å². The van der Waals surface area contributed by atoms with Gasteiger partial charge in [-0.1, -0.05) is 44.2 Å². The molecule has 2 aromatic rings. The average Bonchev–Trinajstić information content (AvgIpc) is 2.52. The van der Waals surface area contributed by atoms with Crippen molar-refractivity contribution in [1.29, 1.82) is 0 Å². The van der Waals surface area contributed by atoms with Crippen LogP contribution in [-0.2, 0) is 4.79 Å². The number of rotatable bonds is 6. The van der Waals surface area contributed by atoms with Gasteiger partial charge in [0.15, 0.2) is 6.61 Å². The van der Waals surface area contributed by atoms with Crippen molar-refractivity contribution in [2.75, 3.05) is 13.2 Å². The molecule has 126 valence electrons. The predicted octanol–water partition coefficient (Wildman–Crippen LogP) is 3.13. The third-order valence-corrected chi connectivity index (χ3v) is 4.21. The fourth-order valence-corrected chi connectivity index (χ4v) is 2.19. The minimum atomic E-state index is -0.413. The van der Waals surface area contributed by atoms with Crippen molar-refractivity contribution >= 4 is 29.1 Å². The van der Waals surface area contributed by atoms with Crippen molar-refractivity contribution in [2.45, 2.75) is 26.3 Å². The Labute approximate surface area is 143 Å². The lowest BCUT2D eigenvalue weighted by Crippen LogP contribution is -2.56. The number of hydrogen-bond donors (Lipinski definition) is 2. The summed E-state index contributed by atoms with van der Waals surface area (Å²) in [4.78, 5) is 12.1. The van der Waals surface area contributed by atoms with Crippen LogP contribution in [0.15, 0.2) is 42.5 Å². The molecule has 0 aliphatic heterocycles. The first kappa shape index (κ1) is 19.3. The summed E-state index contributed by atoms with van der Waals surface area (Å²) in [5.41, 5.74) is 5.36. The van der Waals surface area contributed by atoms with Crippen LogP contribution in [0.5, 0.6) is 5.75 Å². The highest BCUT2D eigenvalue weighted by Gasteiger charge is 2.28. The lowest BCUT2D eigenvalue weighted by molar-refractivity contribution is -0.125. The maximum absolute atomic E-state index is 12.1. The van der Waals surface area contributed by atoms with Gasteiger partial charge in [0.1, 0.15) is 5.75 Å². The van der Waals surface area contributed by atoms with Crippen LogP contribution < -0.4 is 15.8 Å². The summed E-state index contributed by atoms with van der Waals surface area (Å²) in [6, 6.07) is 13.8. The van der Waals surface area contributed by atoms with Gasteiger partial charge in [0.25, 0.3) is 5.91 Å². The molecule has 0 saturated carbocycles. The minimum absolute atomic E-state index is 0. The Morgan fingerprint density at radius 1 is 1.22 bits per heavy atom. The van der Waals surface area contributed by atoms with Crippen LogP contribution in [0.4, 0.5) is 0 Å². The fraction of sp³-hybridized carbons (Fsp3) is 0.389. The minimum Gasteiger partial charge on any atom is -0.484 e. The SMILES string of the molecule is CC(C)C(C)(CN)NC(=O)COc1ccc2ccccc2c1.Cl. The summed E-state index contributed by atoms with van der Waals surface area (Å²) in [6.45, 7) is 6.41. The Morgan fingerprint density at radius 3 is 2.48 bits per heavy atom. The molecular weight excluding hydrogens is 312 g/mol. The molecule has 5 heteroatoms. The maximum atomic E-state index is 12.1. The lowest BCUT2D eigenvalue weighted by atomic mass is 9.88. The molecular formula is C18H25ClN2O2. The molecule has 2 rings (SSSR count). The number of nitrogens with two attached hydrogens (primary N) is 1. The molecule has 23 heavy (non-hydrogen) atoms. The number of fused-ring (bicyclic) bond motifs is 1. The van der Waals surface area contributed by atoms with Gasteiger partial charge in [-0.3, -0.25) is 4.79 Å². The summed E-state index contributed by atoms with van der Waals surface area (Å²) in [6.07, 6.45) is 0. The molecule has 0 saturated heterocycles. The van der Waals surface area contributed by atoms with Crippen LogP contribution in [0.25, 0.3) is 10.8 Å². The first-order valence-electron chi connectivity index (χ1n) is 7.57. The topological polar surface area (TPSA) is 64.3 Å². The molecule has 4 nitrogen and oxygen atoms in total. The van der Waals surface area contributed by atoms with Gasteiger partial charge >= 0.3 is 0 Å². The quantitative estimate of drug-likeness (QED) is 0.851. The van der Waals surface area contributed by atoms with Gasteiger partial charge in [-0.25, -0.2) is 0 Å². The number of ether oxygens (including phenoxy) is 1. The van der Waals surface area contributed by atoms with Crippen LogP contribution in [0.3, 0.4) is 0 Å². The van der Waals surface area contributed by atoms with Crippen molar-refractivity contribution in [3.63, 3.8) is 0 Å². The number of amides is 1. The standard InChI is InChI=1S/C18H24N2O2.ClH/c1-13(2)18(3,12-19)20-17(21)11-22-16-9-8-14-6-4-5-7-15(14)10-16;/h4-10,13H,11-12,19H2,1-3H3,(H,20,21);1H. The molecule has 1 atom stereocenters. The van der Waals surface area contributed by atoms with Gasteiger partial charge in [0.05, 0.1) is 5.54 Å². The Balaban J connectivity index is 0.00000264. The highest BCUT2D eigenvalue weighted by Crippen LogP contribution is 2.20. The van der Waals surface area contributed by atoms with E-state index in [1.54, 1.807) is 0 Å². The molecule has 0 aromatic heterocycles. The van der Waals surface area contributed by atoms with Gasteiger partial charge in [0.2, 0.25) is 0 Å². The van der Waals surface area contributed by atoms with Crippen LogP contribution in [0.2, 0.25) is 0 Å². The summed E-state index contributed by atoms with van der Waals surface area (Å²) in [5, 5.41) is 5.20. The van der Waals surface area contributed by atoms with Crippen molar-refractivity contribution in [3.05, 3.63) is 42.5 Å². The molecule has 3 N–H and O–H groups in total. The molecule has 0 heterocycles. The Kier molecular flexibility index (Phi) is 6.85. The Hall–Kier alpha value is -1.78. The molecule has 1 amide bonds. The molecule has 0 bridgehead atoms. The van der Waals surface area contributed by atoms with E-state index in [0.29, 0.717) is 12.3 Å². The third-order valence-electron chi connectivity index (χ3n) is 4.21. The first-order chi connectivity index (χ1) is 10.4. The zero-order valence-corrected chi connectivity index (χ0v) is 14.7. The second-order valence-electron chi connectivity index (χ2n) is 6.12. The molecule has 2 aromatic carbocycles. The number of carbonyl (C=O) groups excluding carboxylic acids is 1. The predicted molar refractivity (Wildman–Crippen MR) is 97.1 cm³/mol. The fourth-order valence-electron chi connectivity index (χ4n) is 2.19. The second-order valence-corrected chi connectivity index (χ2v) is 6.12. The van der Waals surface area contributed by atoms with Gasteiger partial charge in [-0.05, 0) is 35.7 Å². The third kappa shape index (κ3) is 4.85. The van der Waals surface area contributed by atoms with Crippen LogP contribution in [-0.4, -0.2) is 24.6 Å². The van der Waals surface area contributed by atoms with E-state index in [0.717, 1.165) is 10.8 Å². The molecule has 1 unspecified atom stereocenters. The van der Waals surface area contributed by atoms with Crippen molar-refractivity contribution in [2.24, 2.45) is 11.7 Å². The maximum Gasteiger partial charge on any atom is 0.258 e. The average molecular weight is 337 g/mol. The van der Waals surface area contributed by atoms with Gasteiger partial charge < -0.3 is 15.8 Å². The van der Waals surface area contributed by atoms with E-state index in [-0.39, 0.29) is 30.8 Å². The highest BCUT2D eigenvalue weighted by molar-refractivity contribution is 5.85. The van der Waals surface area contributed by atoms with E-state index in [9.17, 15) is 4.79 Å². The number of benzene rings is 2. The van der Waals surface area contributed by atoms with Gasteiger partial charge in [0, 0.05) is 6.54 Å². The number of nitrogens with one attached hydrogen (secondary N) is 1. The Morgan fingerprint density at radius 2 is 1.87 bits per heavy atom. The van der Waals surface area contributed by atoms with Crippen molar-refractivity contribution in [3.8, 4) is 5.75 Å². The normalized spacial score (nSPS) is 13.3. The van der Waals surface area contributed by atoms with Crippen LogP contribution in [0.1, 0.15) is 20.8 Å². The smallest absolute Gasteiger partial charge is 0.258 e. The zero-order chi connectivity index (χ0) is 16.2. The molecule has 0 spiro atoms. The Bertz CT molecular complexity index is 660. The summed E-state index contributed by atoms with van der Waals surface area (Å²) in [7, 11) is 0. The van der Waals surface area contributed by atoms with E-state index in [1.807, 2.05) is 63.2 Å². The number of halogens is 1. The zero-order valence-electron chi connectivity index (χ0n) is 13.8. The highest BCUT2D eigenvalue weighted by atomic mass is 35.5. The van der Waals surface area contributed by atoms with E-state index in [1.165, 1.54) is 0 Å². The molecule has 0 aliphatic carbocycles. The molecule has 0 fully saturated rings. The van der Waals surface area contributed by atoms with Gasteiger partial charge in [-0.15, -0.1) is 12.4 Å². The first-order valence-corrected chi connectivity index (χ1v) is 7.57. The van der Waals surface area contributed by atoms with Gasteiger partial charge in [-0.2, -0.15) is 0 Å². The van der Waals surface area contributed by atoms with E-state index >= 15 is 0 Å². The largest absolute Gasteiger partial charge is 0.484 e. The number of carbonyl (C=O) groups is 1. The molecule has 0 radical (unpaired) electrons. The number of hydrogen-bond acceptors (Lipinski definition) is 3. The molecule has 0 aliphatic rings. The van der Waals surface area contributed by atoms with Crippen LogP contribution in [0, 0.1) is 5.92 Å². The van der Waals surface area contributed by atoms with E-state index in [2.05, 4.69) is 5.32 Å². The van der Waals surface area contributed by atoms with E-state index < -0.39 is 5.54 Å². The monoisotopic (exact) mass is 336 g/mol. The second kappa shape index (κ2) is 8.18. The summed E-state index contributed by atoms with van der Waals surface area (Å²) < 4.78 is 5.59. The van der Waals surface area contributed by atoms with E-state index in [4.69, 9.17) is 10.5 Å². The lowest BCUT2D eigenvalue weighted by Gasteiger charge is -2.33. The van der Waals surface area contributed by atoms with Crippen molar-refractivity contribution in [1.82, 2.24) is 5.32 Å². The summed E-state index contributed by atoms with van der Waals surface area (Å²) >= 11 is 0. The van der Waals surface area contributed by atoms with Crippen LogP contribution >= 0.6 is 12.4 Å². The summed E-state index contributed by atoms with van der Waals surface area (Å²) in [5.74, 6) is 0.782.